The second kappa shape index (κ2) is 6.43. The largest absolute Gasteiger partial charge is 0.480 e. The lowest BCUT2D eigenvalue weighted by Crippen LogP contribution is -2.12. The highest BCUT2D eigenvalue weighted by Crippen LogP contribution is 2.28. The molecule has 108 valence electrons. The van der Waals surface area contributed by atoms with E-state index in [4.69, 9.17) is 33.4 Å². The van der Waals surface area contributed by atoms with Crippen LogP contribution in [-0.4, -0.2) is 32.3 Å². The Kier molecular flexibility index (Phi) is 4.86. The molecule has 5 nitrogen and oxygen atoms in total. The van der Waals surface area contributed by atoms with Crippen molar-refractivity contribution in [2.75, 3.05) is 6.61 Å². The van der Waals surface area contributed by atoms with Crippen LogP contribution in [0, 0.1) is 0 Å². The van der Waals surface area contributed by atoms with Gasteiger partial charge in [0.25, 0.3) is 0 Å². The van der Waals surface area contributed by atoms with Gasteiger partial charge in [-0.3, -0.25) is 4.79 Å². The van der Waals surface area contributed by atoms with Gasteiger partial charge in [-0.25, -0.2) is 4.98 Å². The third-order valence-electron chi connectivity index (χ3n) is 2.97. The lowest BCUT2D eigenvalue weighted by atomic mass is 10.2. The maximum absolute atomic E-state index is 11.0. The summed E-state index contributed by atoms with van der Waals surface area (Å²) in [6, 6.07) is 3.26. The number of carboxylic acid groups (broad SMARTS) is 1. The Morgan fingerprint density at radius 2 is 1.95 bits per heavy atom. The molecule has 0 saturated heterocycles. The van der Waals surface area contributed by atoms with Crippen molar-refractivity contribution in [3.63, 3.8) is 0 Å². The van der Waals surface area contributed by atoms with Crippen LogP contribution in [0.3, 0.4) is 0 Å². The van der Waals surface area contributed by atoms with E-state index in [0.29, 0.717) is 39.7 Å². The first-order valence-electron chi connectivity index (χ1n) is 6.19. The number of hydrogen-bond acceptors (Lipinski definition) is 3. The molecule has 0 aliphatic carbocycles. The highest BCUT2D eigenvalue weighted by Gasteiger charge is 2.14. The van der Waals surface area contributed by atoms with Crippen LogP contribution in [0.2, 0.25) is 10.0 Å². The van der Waals surface area contributed by atoms with Crippen molar-refractivity contribution < 1.29 is 15.0 Å². The number of aliphatic hydroxyl groups excluding tert-OH is 1. The summed E-state index contributed by atoms with van der Waals surface area (Å²) in [5.41, 5.74) is 1.28. The molecular weight excluding hydrogens is 303 g/mol. The molecule has 1 heterocycles. The van der Waals surface area contributed by atoms with E-state index in [-0.39, 0.29) is 13.2 Å². The number of benzene rings is 1. The molecule has 0 saturated carbocycles. The number of rotatable bonds is 6. The normalized spacial score (nSPS) is 11.2. The second-order valence-electron chi connectivity index (χ2n) is 4.44. The predicted octanol–water partition coefficient (Wildman–Crippen LogP) is 2.74. The van der Waals surface area contributed by atoms with Crippen molar-refractivity contribution >= 4 is 40.2 Å². The summed E-state index contributed by atoms with van der Waals surface area (Å²) in [7, 11) is 0. The number of aliphatic carboxylic acids is 1. The van der Waals surface area contributed by atoms with E-state index in [1.807, 2.05) is 0 Å². The molecule has 0 atom stereocenters. The zero-order chi connectivity index (χ0) is 14.7. The Labute approximate surface area is 125 Å². The van der Waals surface area contributed by atoms with Gasteiger partial charge in [0, 0.05) is 13.0 Å². The maximum Gasteiger partial charge on any atom is 0.323 e. The fourth-order valence-electron chi connectivity index (χ4n) is 2.07. The first kappa shape index (κ1) is 15.1. The first-order chi connectivity index (χ1) is 9.52. The minimum absolute atomic E-state index is 0.108. The molecule has 0 aliphatic rings. The predicted molar refractivity (Wildman–Crippen MR) is 77.4 cm³/mol. The smallest absolute Gasteiger partial charge is 0.323 e. The topological polar surface area (TPSA) is 75.3 Å². The van der Waals surface area contributed by atoms with E-state index in [1.54, 1.807) is 16.7 Å². The lowest BCUT2D eigenvalue weighted by molar-refractivity contribution is -0.137. The van der Waals surface area contributed by atoms with Gasteiger partial charge in [-0.15, -0.1) is 0 Å². The number of nitrogens with zero attached hydrogens (tertiary/aromatic N) is 2. The van der Waals surface area contributed by atoms with Crippen molar-refractivity contribution in [1.82, 2.24) is 9.55 Å². The minimum atomic E-state index is -0.946. The highest BCUT2D eigenvalue weighted by atomic mass is 35.5. The summed E-state index contributed by atoms with van der Waals surface area (Å²) in [6.45, 7) is -0.0697. The Balaban J connectivity index is 2.45. The Bertz CT molecular complexity index is 640. The van der Waals surface area contributed by atoms with Gasteiger partial charge < -0.3 is 14.8 Å². The molecule has 20 heavy (non-hydrogen) atoms. The summed E-state index contributed by atoms with van der Waals surface area (Å²) >= 11 is 11.9. The second-order valence-corrected chi connectivity index (χ2v) is 5.26. The number of aromatic nitrogens is 2. The van der Waals surface area contributed by atoms with Crippen LogP contribution in [0.5, 0.6) is 0 Å². The van der Waals surface area contributed by atoms with Crippen LogP contribution in [0.4, 0.5) is 0 Å². The van der Waals surface area contributed by atoms with Crippen molar-refractivity contribution in [3.05, 3.63) is 28.0 Å². The van der Waals surface area contributed by atoms with Crippen LogP contribution in [-0.2, 0) is 17.8 Å². The van der Waals surface area contributed by atoms with E-state index in [2.05, 4.69) is 4.98 Å². The van der Waals surface area contributed by atoms with E-state index < -0.39 is 5.97 Å². The Hall–Kier alpha value is -1.30. The first-order valence-corrected chi connectivity index (χ1v) is 6.95. The zero-order valence-electron chi connectivity index (χ0n) is 10.6. The fraction of sp³-hybridized carbons (Fsp3) is 0.385. The molecule has 1 aromatic carbocycles. The number of carbonyl (C=O) groups is 1. The number of hydrogen-bond donors (Lipinski definition) is 2. The standard InChI is InChI=1S/C13H14Cl2N2O3/c14-8-5-10-11(6-9(8)15)17(7-13(19)20)12(16-10)3-1-2-4-18/h5-6,18H,1-4,7H2,(H,19,20). The minimum Gasteiger partial charge on any atom is -0.480 e. The Morgan fingerprint density at radius 1 is 1.25 bits per heavy atom. The van der Waals surface area contributed by atoms with Crippen LogP contribution in [0.15, 0.2) is 12.1 Å². The number of unbranched alkanes of at least 4 members (excludes halogenated alkanes) is 1. The molecule has 2 rings (SSSR count). The van der Waals surface area contributed by atoms with Gasteiger partial charge in [0.2, 0.25) is 0 Å². The van der Waals surface area contributed by atoms with E-state index in [1.165, 1.54) is 0 Å². The van der Waals surface area contributed by atoms with Crippen molar-refractivity contribution in [1.29, 1.82) is 0 Å². The van der Waals surface area contributed by atoms with Crippen LogP contribution in [0.1, 0.15) is 18.7 Å². The number of aliphatic hydroxyl groups is 1. The zero-order valence-corrected chi connectivity index (χ0v) is 12.2. The fourth-order valence-corrected chi connectivity index (χ4v) is 2.38. The summed E-state index contributed by atoms with van der Waals surface area (Å²) in [5.74, 6) is -0.284. The van der Waals surface area contributed by atoms with Gasteiger partial charge >= 0.3 is 5.97 Å². The summed E-state index contributed by atoms with van der Waals surface area (Å²) in [6.07, 6.45) is 1.98. The summed E-state index contributed by atoms with van der Waals surface area (Å²) in [4.78, 5) is 15.4. The van der Waals surface area contributed by atoms with E-state index >= 15 is 0 Å². The third kappa shape index (κ3) is 3.23. The summed E-state index contributed by atoms with van der Waals surface area (Å²) < 4.78 is 1.62. The van der Waals surface area contributed by atoms with Gasteiger partial charge in [-0.05, 0) is 25.0 Å². The molecule has 1 aromatic heterocycles. The molecule has 0 aliphatic heterocycles. The molecule has 0 amide bonds. The monoisotopic (exact) mass is 316 g/mol. The molecule has 0 fully saturated rings. The number of halogens is 2. The van der Waals surface area contributed by atoms with Crippen LogP contribution in [0.25, 0.3) is 11.0 Å². The Morgan fingerprint density at radius 3 is 2.60 bits per heavy atom. The molecule has 0 spiro atoms. The van der Waals surface area contributed by atoms with Crippen molar-refractivity contribution in [2.45, 2.75) is 25.8 Å². The molecule has 2 aromatic rings. The van der Waals surface area contributed by atoms with Crippen molar-refractivity contribution in [2.24, 2.45) is 0 Å². The average molecular weight is 317 g/mol. The van der Waals surface area contributed by atoms with Gasteiger partial charge in [-0.2, -0.15) is 0 Å². The quantitative estimate of drug-likeness (QED) is 0.803. The molecule has 0 unspecified atom stereocenters. The number of aryl methyl sites for hydroxylation is 1. The number of carboxylic acids is 1. The molecule has 0 bridgehead atoms. The van der Waals surface area contributed by atoms with Gasteiger partial charge in [-0.1, -0.05) is 23.2 Å². The van der Waals surface area contributed by atoms with Gasteiger partial charge in [0.1, 0.15) is 12.4 Å². The molecule has 0 radical (unpaired) electrons. The summed E-state index contributed by atoms with van der Waals surface area (Å²) in [5, 5.41) is 18.6. The van der Waals surface area contributed by atoms with Gasteiger partial charge in [0.05, 0.1) is 21.1 Å². The van der Waals surface area contributed by atoms with Crippen LogP contribution < -0.4 is 0 Å². The van der Waals surface area contributed by atoms with E-state index in [9.17, 15) is 4.79 Å². The number of imidazole rings is 1. The molecule has 2 N–H and O–H groups in total. The molecule has 7 heteroatoms. The number of fused-ring (bicyclic) bond motifs is 1. The van der Waals surface area contributed by atoms with Crippen molar-refractivity contribution in [3.8, 4) is 0 Å². The van der Waals surface area contributed by atoms with Gasteiger partial charge in [0.15, 0.2) is 0 Å². The third-order valence-corrected chi connectivity index (χ3v) is 3.69. The average Bonchev–Trinajstić information content (AvgIpc) is 2.68. The maximum atomic E-state index is 11.0. The van der Waals surface area contributed by atoms with E-state index in [0.717, 1.165) is 6.42 Å². The van der Waals surface area contributed by atoms with Crippen LogP contribution >= 0.6 is 23.2 Å². The molecular formula is C13H14Cl2N2O3. The lowest BCUT2D eigenvalue weighted by Gasteiger charge is -2.06. The highest BCUT2D eigenvalue weighted by molar-refractivity contribution is 6.42. The SMILES string of the molecule is O=C(O)Cn1c(CCCCO)nc2cc(Cl)c(Cl)cc21.